The van der Waals surface area contributed by atoms with Crippen molar-refractivity contribution in [3.63, 3.8) is 0 Å². The molecule has 106 valence electrons. The van der Waals surface area contributed by atoms with E-state index in [4.69, 9.17) is 4.98 Å². The van der Waals surface area contributed by atoms with Crippen molar-refractivity contribution in [1.29, 1.82) is 0 Å². The van der Waals surface area contributed by atoms with Crippen LogP contribution in [0.1, 0.15) is 62.8 Å². The van der Waals surface area contributed by atoms with Crippen LogP contribution in [0, 0.1) is 12.8 Å². The summed E-state index contributed by atoms with van der Waals surface area (Å²) in [5, 5.41) is 3.55. The zero-order chi connectivity index (χ0) is 14.0. The third-order valence-corrected chi connectivity index (χ3v) is 3.93. The SMILES string of the molecule is Cc1nc(C(C)C)nc2c1CC(CNC(C)C)CC2. The number of fused-ring (bicyclic) bond motifs is 1. The van der Waals surface area contributed by atoms with Crippen LogP contribution in [0.15, 0.2) is 0 Å². The summed E-state index contributed by atoms with van der Waals surface area (Å²) in [5.74, 6) is 2.17. The van der Waals surface area contributed by atoms with Crippen molar-refractivity contribution in [2.75, 3.05) is 6.54 Å². The summed E-state index contributed by atoms with van der Waals surface area (Å²) in [4.78, 5) is 9.46. The topological polar surface area (TPSA) is 37.8 Å². The molecule has 1 aromatic rings. The maximum atomic E-state index is 4.77. The van der Waals surface area contributed by atoms with E-state index in [-0.39, 0.29) is 0 Å². The molecule has 0 radical (unpaired) electrons. The monoisotopic (exact) mass is 261 g/mol. The lowest BCUT2D eigenvalue weighted by atomic mass is 9.85. The summed E-state index contributed by atoms with van der Waals surface area (Å²) < 4.78 is 0. The van der Waals surface area contributed by atoms with Gasteiger partial charge in [-0.15, -0.1) is 0 Å². The molecule has 3 nitrogen and oxygen atoms in total. The molecule has 1 unspecified atom stereocenters. The smallest absolute Gasteiger partial charge is 0.131 e. The van der Waals surface area contributed by atoms with E-state index < -0.39 is 0 Å². The van der Waals surface area contributed by atoms with E-state index in [1.54, 1.807) is 0 Å². The lowest BCUT2D eigenvalue weighted by Crippen LogP contribution is -2.32. The van der Waals surface area contributed by atoms with Crippen LogP contribution in [-0.4, -0.2) is 22.6 Å². The summed E-state index contributed by atoms with van der Waals surface area (Å²) in [6.07, 6.45) is 3.50. The predicted molar refractivity (Wildman–Crippen MR) is 79.5 cm³/mol. The van der Waals surface area contributed by atoms with Crippen molar-refractivity contribution in [3.05, 3.63) is 22.8 Å². The zero-order valence-electron chi connectivity index (χ0n) is 13.0. The molecule has 0 aromatic carbocycles. The van der Waals surface area contributed by atoms with E-state index in [9.17, 15) is 0 Å². The fourth-order valence-corrected chi connectivity index (χ4v) is 2.72. The molecule has 0 saturated heterocycles. The van der Waals surface area contributed by atoms with Crippen LogP contribution in [-0.2, 0) is 12.8 Å². The van der Waals surface area contributed by atoms with Gasteiger partial charge in [0.2, 0.25) is 0 Å². The number of nitrogens with zero attached hydrogens (tertiary/aromatic N) is 2. The molecular weight excluding hydrogens is 234 g/mol. The lowest BCUT2D eigenvalue weighted by molar-refractivity contribution is 0.400. The van der Waals surface area contributed by atoms with Crippen molar-refractivity contribution in [1.82, 2.24) is 15.3 Å². The fraction of sp³-hybridized carbons (Fsp3) is 0.750. The highest BCUT2D eigenvalue weighted by molar-refractivity contribution is 5.28. The average Bonchev–Trinajstić information content (AvgIpc) is 2.36. The fourth-order valence-electron chi connectivity index (χ4n) is 2.72. The van der Waals surface area contributed by atoms with Crippen LogP contribution in [0.5, 0.6) is 0 Å². The van der Waals surface area contributed by atoms with Crippen LogP contribution in [0.2, 0.25) is 0 Å². The van der Waals surface area contributed by atoms with Gasteiger partial charge in [-0.05, 0) is 44.2 Å². The Labute approximate surface area is 117 Å². The number of rotatable bonds is 4. The van der Waals surface area contributed by atoms with Gasteiger partial charge in [0.25, 0.3) is 0 Å². The van der Waals surface area contributed by atoms with Gasteiger partial charge in [-0.3, -0.25) is 0 Å². The second kappa shape index (κ2) is 6.00. The largest absolute Gasteiger partial charge is 0.314 e. The minimum Gasteiger partial charge on any atom is -0.314 e. The van der Waals surface area contributed by atoms with Crippen molar-refractivity contribution < 1.29 is 0 Å². The van der Waals surface area contributed by atoms with E-state index in [1.165, 1.54) is 23.4 Å². The summed E-state index contributed by atoms with van der Waals surface area (Å²) in [7, 11) is 0. The first-order chi connectivity index (χ1) is 8.97. The van der Waals surface area contributed by atoms with E-state index in [1.807, 2.05) is 0 Å². The maximum Gasteiger partial charge on any atom is 0.131 e. The normalized spacial score (nSPS) is 19.0. The second-order valence-corrected chi connectivity index (χ2v) is 6.42. The van der Waals surface area contributed by atoms with Gasteiger partial charge in [0.15, 0.2) is 0 Å². The first-order valence-corrected chi connectivity index (χ1v) is 7.57. The highest BCUT2D eigenvalue weighted by atomic mass is 14.9. The molecule has 0 amide bonds. The molecule has 0 spiro atoms. The molecule has 3 heteroatoms. The van der Waals surface area contributed by atoms with Gasteiger partial charge >= 0.3 is 0 Å². The Kier molecular flexibility index (Phi) is 4.56. The number of hydrogen-bond donors (Lipinski definition) is 1. The van der Waals surface area contributed by atoms with Crippen LogP contribution >= 0.6 is 0 Å². The molecule has 1 aliphatic carbocycles. The number of aromatic nitrogens is 2. The first kappa shape index (κ1) is 14.4. The van der Waals surface area contributed by atoms with E-state index >= 15 is 0 Å². The second-order valence-electron chi connectivity index (χ2n) is 6.42. The molecule has 0 aliphatic heterocycles. The Morgan fingerprint density at radius 3 is 2.58 bits per heavy atom. The Bertz CT molecular complexity index is 438. The Balaban J connectivity index is 2.12. The van der Waals surface area contributed by atoms with Crippen LogP contribution in [0.25, 0.3) is 0 Å². The Hall–Kier alpha value is -0.960. The van der Waals surface area contributed by atoms with E-state index in [2.05, 4.69) is 44.9 Å². The number of aryl methyl sites for hydroxylation is 2. The van der Waals surface area contributed by atoms with Gasteiger partial charge in [0.05, 0.1) is 0 Å². The maximum absolute atomic E-state index is 4.77. The minimum absolute atomic E-state index is 0.421. The van der Waals surface area contributed by atoms with Crippen LogP contribution in [0.3, 0.4) is 0 Å². The summed E-state index contributed by atoms with van der Waals surface area (Å²) in [6.45, 7) is 12.0. The molecule has 2 rings (SSSR count). The van der Waals surface area contributed by atoms with Crippen molar-refractivity contribution in [3.8, 4) is 0 Å². The zero-order valence-corrected chi connectivity index (χ0v) is 13.0. The lowest BCUT2D eigenvalue weighted by Gasteiger charge is -2.26. The van der Waals surface area contributed by atoms with Gasteiger partial charge in [0.1, 0.15) is 5.82 Å². The molecule has 19 heavy (non-hydrogen) atoms. The van der Waals surface area contributed by atoms with Gasteiger partial charge in [0, 0.05) is 23.3 Å². The van der Waals surface area contributed by atoms with Crippen LogP contribution < -0.4 is 5.32 Å². The molecule has 1 N–H and O–H groups in total. The molecule has 0 bridgehead atoms. The predicted octanol–water partition coefficient (Wildman–Crippen LogP) is 3.01. The summed E-state index contributed by atoms with van der Waals surface area (Å²) >= 11 is 0. The number of hydrogen-bond acceptors (Lipinski definition) is 3. The standard InChI is InChI=1S/C16H27N3/c1-10(2)16-18-12(5)14-8-13(9-17-11(3)4)6-7-15(14)19-16/h10-11,13,17H,6-9H2,1-5H3. The van der Waals surface area contributed by atoms with E-state index in [0.717, 1.165) is 31.1 Å². The first-order valence-electron chi connectivity index (χ1n) is 7.57. The van der Waals surface area contributed by atoms with Gasteiger partial charge in [-0.2, -0.15) is 0 Å². The van der Waals surface area contributed by atoms with E-state index in [0.29, 0.717) is 12.0 Å². The van der Waals surface area contributed by atoms with Gasteiger partial charge in [-0.1, -0.05) is 27.7 Å². The quantitative estimate of drug-likeness (QED) is 0.905. The highest BCUT2D eigenvalue weighted by Crippen LogP contribution is 2.27. The van der Waals surface area contributed by atoms with Crippen molar-refractivity contribution >= 4 is 0 Å². The molecular formula is C16H27N3. The Morgan fingerprint density at radius 2 is 1.95 bits per heavy atom. The molecule has 1 atom stereocenters. The molecule has 1 aliphatic rings. The molecule has 1 heterocycles. The van der Waals surface area contributed by atoms with Gasteiger partial charge in [-0.25, -0.2) is 9.97 Å². The third kappa shape index (κ3) is 3.53. The van der Waals surface area contributed by atoms with Crippen LogP contribution in [0.4, 0.5) is 0 Å². The Morgan fingerprint density at radius 1 is 1.21 bits per heavy atom. The minimum atomic E-state index is 0.421. The molecule has 0 saturated carbocycles. The van der Waals surface area contributed by atoms with Gasteiger partial charge < -0.3 is 5.32 Å². The molecule has 0 fully saturated rings. The van der Waals surface area contributed by atoms with Crippen molar-refractivity contribution in [2.24, 2.45) is 5.92 Å². The summed E-state index contributed by atoms with van der Waals surface area (Å²) in [6, 6.07) is 0.571. The van der Waals surface area contributed by atoms with Crippen molar-refractivity contribution in [2.45, 2.75) is 65.8 Å². The average molecular weight is 261 g/mol. The summed E-state index contributed by atoms with van der Waals surface area (Å²) in [5.41, 5.74) is 3.91. The molecule has 1 aromatic heterocycles. The third-order valence-electron chi connectivity index (χ3n) is 3.93. The number of nitrogens with one attached hydrogen (secondary N) is 1. The highest BCUT2D eigenvalue weighted by Gasteiger charge is 2.23.